The first-order valence-electron chi connectivity index (χ1n) is 6.12. The number of nitrogens with one attached hydrogen (secondary N) is 1. The molecular weight excluding hydrogens is 262 g/mol. The lowest BCUT2D eigenvalue weighted by atomic mass is 10.4. The topological polar surface area (TPSA) is 108 Å². The normalized spacial score (nSPS) is 10.7. The van der Waals surface area contributed by atoms with Gasteiger partial charge in [-0.2, -0.15) is 0 Å². The molecular formula is C12H17N5O3. The highest BCUT2D eigenvalue weighted by Crippen LogP contribution is 2.10. The molecule has 0 aliphatic rings. The van der Waals surface area contributed by atoms with E-state index in [2.05, 4.69) is 15.1 Å². The standard InChI is InChI=1S/C12H17N5O3/c1-8(2)16-20-4-3-19-7-17-6-14-11-9(17)5-10(13)15-12(11)18/h5-6H,3-4,7H2,1-2H3,(H3,13,15,18). The number of oxime groups is 1. The number of anilines is 1. The summed E-state index contributed by atoms with van der Waals surface area (Å²) >= 11 is 0. The number of nitrogen functional groups attached to an aromatic ring is 1. The van der Waals surface area contributed by atoms with E-state index in [-0.39, 0.29) is 12.3 Å². The lowest BCUT2D eigenvalue weighted by Gasteiger charge is -2.06. The Morgan fingerprint density at radius 1 is 1.50 bits per heavy atom. The molecule has 0 radical (unpaired) electrons. The number of rotatable bonds is 6. The molecule has 0 fully saturated rings. The number of nitrogens with two attached hydrogens (primary N) is 1. The molecule has 0 aliphatic heterocycles. The predicted molar refractivity (Wildman–Crippen MR) is 75.5 cm³/mol. The molecule has 8 nitrogen and oxygen atoms in total. The molecule has 3 N–H and O–H groups in total. The number of nitrogens with zero attached hydrogens (tertiary/aromatic N) is 3. The third-order valence-corrected chi connectivity index (χ3v) is 2.44. The van der Waals surface area contributed by atoms with Gasteiger partial charge in [0.1, 0.15) is 19.2 Å². The summed E-state index contributed by atoms with van der Waals surface area (Å²) in [4.78, 5) is 23.1. The highest BCUT2D eigenvalue weighted by molar-refractivity contribution is 5.78. The number of fused-ring (bicyclic) bond motifs is 1. The van der Waals surface area contributed by atoms with Gasteiger partial charge < -0.3 is 24.9 Å². The minimum atomic E-state index is -0.310. The molecule has 2 rings (SSSR count). The van der Waals surface area contributed by atoms with Crippen LogP contribution in [-0.2, 0) is 16.3 Å². The van der Waals surface area contributed by atoms with Crippen molar-refractivity contribution in [1.82, 2.24) is 14.5 Å². The number of aromatic nitrogens is 3. The fourth-order valence-electron chi connectivity index (χ4n) is 1.63. The molecule has 0 aliphatic carbocycles. The second-order valence-corrected chi connectivity index (χ2v) is 4.41. The fraction of sp³-hybridized carbons (Fsp3) is 0.417. The zero-order valence-corrected chi connectivity index (χ0v) is 11.4. The van der Waals surface area contributed by atoms with E-state index < -0.39 is 0 Å². The van der Waals surface area contributed by atoms with Crippen LogP contribution in [0.5, 0.6) is 0 Å². The molecule has 20 heavy (non-hydrogen) atoms. The van der Waals surface area contributed by atoms with Gasteiger partial charge in [-0.15, -0.1) is 0 Å². The first-order chi connectivity index (χ1) is 9.58. The molecule has 2 aromatic heterocycles. The van der Waals surface area contributed by atoms with Crippen molar-refractivity contribution in [2.45, 2.75) is 20.6 Å². The summed E-state index contributed by atoms with van der Waals surface area (Å²) in [6.07, 6.45) is 1.54. The molecule has 0 amide bonds. The first-order valence-corrected chi connectivity index (χ1v) is 6.12. The van der Waals surface area contributed by atoms with E-state index in [4.69, 9.17) is 15.3 Å². The third kappa shape index (κ3) is 3.35. The van der Waals surface area contributed by atoms with Crippen molar-refractivity contribution in [3.05, 3.63) is 22.7 Å². The molecule has 0 aromatic carbocycles. The van der Waals surface area contributed by atoms with E-state index in [0.717, 1.165) is 5.71 Å². The van der Waals surface area contributed by atoms with Gasteiger partial charge in [-0.05, 0) is 13.8 Å². The van der Waals surface area contributed by atoms with E-state index in [9.17, 15) is 4.79 Å². The SMILES string of the molecule is CC(C)=NOCCOCn1cnc2c(=O)[nH]c(N)cc21. The summed E-state index contributed by atoms with van der Waals surface area (Å²) in [6, 6.07) is 1.65. The monoisotopic (exact) mass is 279 g/mol. The van der Waals surface area contributed by atoms with Crippen molar-refractivity contribution in [2.75, 3.05) is 18.9 Å². The molecule has 0 saturated heterocycles. The van der Waals surface area contributed by atoms with Gasteiger partial charge in [0.25, 0.3) is 5.56 Å². The summed E-state index contributed by atoms with van der Waals surface area (Å²) in [7, 11) is 0. The first kappa shape index (κ1) is 14.1. The van der Waals surface area contributed by atoms with Crippen LogP contribution in [0.15, 0.2) is 22.3 Å². The maximum atomic E-state index is 11.6. The molecule has 108 valence electrons. The Balaban J connectivity index is 1.94. The van der Waals surface area contributed by atoms with E-state index in [0.29, 0.717) is 30.1 Å². The molecule has 8 heteroatoms. The van der Waals surface area contributed by atoms with Crippen molar-refractivity contribution >= 4 is 22.6 Å². The summed E-state index contributed by atoms with van der Waals surface area (Å²) < 4.78 is 7.13. The largest absolute Gasteiger partial charge is 0.393 e. The van der Waals surface area contributed by atoms with E-state index in [1.165, 1.54) is 6.33 Å². The fourth-order valence-corrected chi connectivity index (χ4v) is 1.63. The maximum absolute atomic E-state index is 11.6. The number of H-pyrrole nitrogens is 1. The van der Waals surface area contributed by atoms with Crippen LogP contribution in [0.1, 0.15) is 13.8 Å². The Kier molecular flexibility index (Phi) is 4.36. The number of ether oxygens (including phenoxy) is 1. The highest BCUT2D eigenvalue weighted by atomic mass is 16.6. The van der Waals surface area contributed by atoms with Crippen LogP contribution in [0.4, 0.5) is 5.82 Å². The Bertz CT molecular complexity index is 669. The molecule has 0 spiro atoms. The van der Waals surface area contributed by atoms with E-state index in [1.807, 2.05) is 13.8 Å². The molecule has 0 saturated carbocycles. The maximum Gasteiger partial charge on any atom is 0.277 e. The van der Waals surface area contributed by atoms with E-state index >= 15 is 0 Å². The Labute approximate surface area is 115 Å². The van der Waals surface area contributed by atoms with Gasteiger partial charge in [0.2, 0.25) is 0 Å². The minimum Gasteiger partial charge on any atom is -0.393 e. The van der Waals surface area contributed by atoms with Crippen LogP contribution in [0.2, 0.25) is 0 Å². The number of hydrogen-bond donors (Lipinski definition) is 2. The summed E-state index contributed by atoms with van der Waals surface area (Å²) in [5.41, 5.74) is 7.11. The number of aromatic amines is 1. The number of imidazole rings is 1. The van der Waals surface area contributed by atoms with Gasteiger partial charge in [0.15, 0.2) is 5.52 Å². The predicted octanol–water partition coefficient (Wildman–Crippen LogP) is 0.693. The van der Waals surface area contributed by atoms with Crippen LogP contribution in [0.3, 0.4) is 0 Å². The Morgan fingerprint density at radius 2 is 2.30 bits per heavy atom. The summed E-state index contributed by atoms with van der Waals surface area (Å²) in [6.45, 7) is 4.70. The molecule has 2 aromatic rings. The Hall–Kier alpha value is -2.35. The van der Waals surface area contributed by atoms with Gasteiger partial charge in [-0.25, -0.2) is 4.98 Å². The van der Waals surface area contributed by atoms with E-state index in [1.54, 1.807) is 10.6 Å². The zero-order chi connectivity index (χ0) is 14.5. The van der Waals surface area contributed by atoms with Crippen LogP contribution >= 0.6 is 0 Å². The van der Waals surface area contributed by atoms with Gasteiger partial charge in [-0.3, -0.25) is 4.79 Å². The molecule has 0 unspecified atom stereocenters. The van der Waals surface area contributed by atoms with Gasteiger partial charge in [0, 0.05) is 6.07 Å². The lowest BCUT2D eigenvalue weighted by molar-refractivity contribution is 0.0219. The Morgan fingerprint density at radius 3 is 3.05 bits per heavy atom. The van der Waals surface area contributed by atoms with Crippen molar-refractivity contribution < 1.29 is 9.57 Å². The summed E-state index contributed by atoms with van der Waals surface area (Å²) in [5, 5.41) is 3.79. The molecule has 0 bridgehead atoms. The smallest absolute Gasteiger partial charge is 0.277 e. The van der Waals surface area contributed by atoms with Gasteiger partial charge in [-0.1, -0.05) is 5.16 Å². The lowest BCUT2D eigenvalue weighted by Crippen LogP contribution is -2.10. The van der Waals surface area contributed by atoms with Crippen LogP contribution in [-0.4, -0.2) is 33.5 Å². The number of pyridine rings is 1. The number of hydrogen-bond acceptors (Lipinski definition) is 6. The highest BCUT2D eigenvalue weighted by Gasteiger charge is 2.07. The second kappa shape index (κ2) is 6.20. The van der Waals surface area contributed by atoms with Crippen molar-refractivity contribution in [2.24, 2.45) is 5.16 Å². The van der Waals surface area contributed by atoms with Gasteiger partial charge >= 0.3 is 0 Å². The zero-order valence-electron chi connectivity index (χ0n) is 11.4. The van der Waals surface area contributed by atoms with Crippen molar-refractivity contribution in [3.63, 3.8) is 0 Å². The molecule has 2 heterocycles. The van der Waals surface area contributed by atoms with Crippen LogP contribution < -0.4 is 11.3 Å². The average Bonchev–Trinajstić information content (AvgIpc) is 2.76. The average molecular weight is 279 g/mol. The van der Waals surface area contributed by atoms with Gasteiger partial charge in [0.05, 0.1) is 24.2 Å². The van der Waals surface area contributed by atoms with Crippen molar-refractivity contribution in [3.8, 4) is 0 Å². The quantitative estimate of drug-likeness (QED) is 0.459. The summed E-state index contributed by atoms with van der Waals surface area (Å²) in [5.74, 6) is 0.292. The second-order valence-electron chi connectivity index (χ2n) is 4.41. The van der Waals surface area contributed by atoms with Crippen LogP contribution in [0, 0.1) is 0 Å². The third-order valence-electron chi connectivity index (χ3n) is 2.44. The molecule has 0 atom stereocenters. The van der Waals surface area contributed by atoms with Crippen molar-refractivity contribution in [1.29, 1.82) is 0 Å². The van der Waals surface area contributed by atoms with Crippen LogP contribution in [0.25, 0.3) is 11.0 Å². The minimum absolute atomic E-state index is 0.261.